The number of aromatic nitrogens is 5. The van der Waals surface area contributed by atoms with Gasteiger partial charge in [-0.15, -0.1) is 5.10 Å². The molecule has 17 heteroatoms. The molecule has 0 aliphatic carbocycles. The number of phenols is 1. The first-order chi connectivity index (χ1) is 20.6. The molecule has 5 aromatic rings. The monoisotopic (exact) mass is 608 g/mol. The summed E-state index contributed by atoms with van der Waals surface area (Å²) in [4.78, 5) is 3.82. The summed E-state index contributed by atoms with van der Waals surface area (Å²) in [6.07, 6.45) is 0. The van der Waals surface area contributed by atoms with Gasteiger partial charge >= 0.3 is 0 Å². The number of guanidine groups is 1. The van der Waals surface area contributed by atoms with E-state index in [1.807, 2.05) is 0 Å². The van der Waals surface area contributed by atoms with Crippen LogP contribution in [-0.4, -0.2) is 42.5 Å². The number of nitrogens with zero attached hydrogens (tertiary/aromatic N) is 4. The molecule has 0 spiro atoms. The number of H-pyrrole nitrogens is 1. The van der Waals surface area contributed by atoms with Crippen molar-refractivity contribution in [3.63, 3.8) is 0 Å². The number of hydrogen-bond donors (Lipinski definition) is 7. The van der Waals surface area contributed by atoms with Crippen LogP contribution < -0.4 is 31.0 Å². The van der Waals surface area contributed by atoms with Crippen LogP contribution in [0.2, 0.25) is 5.02 Å². The first-order valence-corrected chi connectivity index (χ1v) is 12.3. The number of rotatable bonds is 9. The van der Waals surface area contributed by atoms with Gasteiger partial charge in [0.05, 0.1) is 5.02 Å². The number of nitrogens with two attached hydrogens (primary N) is 2. The Balaban J connectivity index is 1.57. The van der Waals surface area contributed by atoms with E-state index in [2.05, 4.69) is 30.9 Å². The number of aromatic amines is 1. The van der Waals surface area contributed by atoms with Crippen molar-refractivity contribution in [1.82, 2.24) is 25.6 Å². The molecule has 2 aromatic heterocycles. The number of hydrogen-bond acceptors (Lipinski definition) is 10. The lowest BCUT2D eigenvalue weighted by molar-refractivity contribution is 0.331. The summed E-state index contributed by atoms with van der Waals surface area (Å²) in [6, 6.07) is 13.8. The highest BCUT2D eigenvalue weighted by molar-refractivity contribution is 6.32. The predicted octanol–water partition coefficient (Wildman–Crippen LogP) is 4.87. The summed E-state index contributed by atoms with van der Waals surface area (Å²) in [5, 5.41) is 41.1. The Morgan fingerprint density at radius 2 is 1.70 bits per heavy atom. The first kappa shape index (κ1) is 28.5. The Hall–Kier alpha value is -6.03. The second-order valence-electron chi connectivity index (χ2n) is 8.54. The molecule has 0 aliphatic heterocycles. The summed E-state index contributed by atoms with van der Waals surface area (Å²) in [6.45, 7) is 0. The van der Waals surface area contributed by atoms with Gasteiger partial charge in [0.15, 0.2) is 23.3 Å². The number of halogens is 3. The Morgan fingerprint density at radius 1 is 0.930 bits per heavy atom. The molecule has 0 amide bonds. The number of anilines is 1. The van der Waals surface area contributed by atoms with E-state index in [1.165, 1.54) is 48.5 Å². The number of amidine groups is 1. The van der Waals surface area contributed by atoms with Crippen LogP contribution in [0.5, 0.6) is 40.5 Å². The Bertz CT molecular complexity index is 1860. The Morgan fingerprint density at radius 3 is 2.37 bits per heavy atom. The SMILES string of the molecule is N=C(N)Nc1cccc(Oc2nc(Oc3cc(C(=N)N)ccc3O)c(F)c(Oc3ccc(-c4nnn[nH]4)cc3Cl)c2F)c1. The average Bonchev–Trinajstić information content (AvgIpc) is 3.50. The molecular formula is C26H19ClF2N10O4. The fraction of sp³-hybridized carbons (Fsp3) is 0. The van der Waals surface area contributed by atoms with E-state index in [9.17, 15) is 5.11 Å². The molecule has 0 saturated carbocycles. The number of tetrazole rings is 1. The Labute approximate surface area is 245 Å². The number of pyridine rings is 1. The van der Waals surface area contributed by atoms with Gasteiger partial charge < -0.3 is 36.1 Å². The standard InChI is InChI=1S/C26H19ClF2N10O4/c27-15-8-12(23-36-38-39-37-23)5-7-17(15)42-21-19(28)24(41-14-3-1-2-13(10-14)34-26(32)33)35-25(20(21)29)43-18-9-11(22(30)31)4-6-16(18)40/h1-10,40H,(H3,30,31)(H4,32,33,34)(H,36,37,38,39). The third-order valence-electron chi connectivity index (χ3n) is 5.55. The van der Waals surface area contributed by atoms with Crippen molar-refractivity contribution in [3.8, 4) is 51.9 Å². The zero-order valence-corrected chi connectivity index (χ0v) is 22.3. The molecule has 9 N–H and O–H groups in total. The number of ether oxygens (including phenoxy) is 3. The molecule has 0 fully saturated rings. The topological polar surface area (TPSA) is 227 Å². The zero-order valence-electron chi connectivity index (χ0n) is 21.5. The molecule has 0 aliphatic rings. The van der Waals surface area contributed by atoms with Crippen molar-refractivity contribution in [1.29, 1.82) is 10.8 Å². The van der Waals surface area contributed by atoms with Crippen LogP contribution in [0.3, 0.4) is 0 Å². The molecule has 0 saturated heterocycles. The average molecular weight is 609 g/mol. The highest BCUT2D eigenvalue weighted by atomic mass is 35.5. The summed E-state index contributed by atoms with van der Waals surface area (Å²) in [5.41, 5.74) is 11.8. The van der Waals surface area contributed by atoms with Gasteiger partial charge in [-0.25, -0.2) is 5.10 Å². The van der Waals surface area contributed by atoms with Crippen molar-refractivity contribution in [2.24, 2.45) is 11.5 Å². The third-order valence-corrected chi connectivity index (χ3v) is 5.84. The van der Waals surface area contributed by atoms with E-state index in [4.69, 9.17) is 48.1 Å². The third kappa shape index (κ3) is 6.33. The zero-order chi connectivity index (χ0) is 30.7. The predicted molar refractivity (Wildman–Crippen MR) is 150 cm³/mol. The van der Waals surface area contributed by atoms with E-state index in [1.54, 1.807) is 6.07 Å². The van der Waals surface area contributed by atoms with Crippen molar-refractivity contribution in [2.75, 3.05) is 5.32 Å². The molecular weight excluding hydrogens is 590 g/mol. The number of nitrogens with one attached hydrogen (secondary N) is 4. The molecule has 0 atom stereocenters. The number of nitrogen functional groups attached to an aromatic ring is 1. The van der Waals surface area contributed by atoms with Crippen LogP contribution in [0.25, 0.3) is 11.4 Å². The van der Waals surface area contributed by atoms with Gasteiger partial charge in [0, 0.05) is 22.9 Å². The molecule has 14 nitrogen and oxygen atoms in total. The summed E-state index contributed by atoms with van der Waals surface area (Å²) in [7, 11) is 0. The first-order valence-electron chi connectivity index (χ1n) is 11.9. The lowest BCUT2D eigenvalue weighted by Crippen LogP contribution is -2.20. The van der Waals surface area contributed by atoms with E-state index in [-0.39, 0.29) is 45.5 Å². The summed E-state index contributed by atoms with van der Waals surface area (Å²) in [5.74, 6) is -6.80. The minimum atomic E-state index is -1.41. The fourth-order valence-corrected chi connectivity index (χ4v) is 3.82. The van der Waals surface area contributed by atoms with Gasteiger partial charge in [-0.3, -0.25) is 10.8 Å². The second kappa shape index (κ2) is 11.8. The van der Waals surface area contributed by atoms with Crippen LogP contribution in [0, 0.1) is 22.5 Å². The van der Waals surface area contributed by atoms with Gasteiger partial charge in [-0.1, -0.05) is 17.7 Å². The fourth-order valence-electron chi connectivity index (χ4n) is 3.60. The maximum atomic E-state index is 15.8. The van der Waals surface area contributed by atoms with Crippen molar-refractivity contribution in [2.45, 2.75) is 0 Å². The largest absolute Gasteiger partial charge is 0.504 e. The molecule has 3 aromatic carbocycles. The lowest BCUT2D eigenvalue weighted by atomic mass is 10.2. The van der Waals surface area contributed by atoms with Gasteiger partial charge in [-0.05, 0) is 59.0 Å². The highest BCUT2D eigenvalue weighted by Crippen LogP contribution is 2.42. The second-order valence-corrected chi connectivity index (χ2v) is 8.95. The van der Waals surface area contributed by atoms with Gasteiger partial charge in [0.1, 0.15) is 17.3 Å². The van der Waals surface area contributed by atoms with E-state index >= 15 is 8.78 Å². The van der Waals surface area contributed by atoms with Gasteiger partial charge in [-0.2, -0.15) is 13.8 Å². The van der Waals surface area contributed by atoms with E-state index in [0.29, 0.717) is 11.3 Å². The molecule has 0 radical (unpaired) electrons. The van der Waals surface area contributed by atoms with Crippen molar-refractivity contribution < 1.29 is 28.1 Å². The van der Waals surface area contributed by atoms with Gasteiger partial charge in [0.2, 0.25) is 17.4 Å². The number of phenolic OH excluding ortho intramolecular Hbond substituents is 1. The van der Waals surface area contributed by atoms with Crippen LogP contribution >= 0.6 is 11.6 Å². The lowest BCUT2D eigenvalue weighted by Gasteiger charge is -2.16. The molecule has 0 unspecified atom stereocenters. The van der Waals surface area contributed by atoms with Crippen molar-refractivity contribution in [3.05, 3.63) is 82.9 Å². The van der Waals surface area contributed by atoms with Crippen LogP contribution in [-0.2, 0) is 0 Å². The van der Waals surface area contributed by atoms with E-state index < -0.39 is 34.9 Å². The quantitative estimate of drug-likeness (QED) is 0.0882. The van der Waals surface area contributed by atoms with Crippen molar-refractivity contribution >= 4 is 29.1 Å². The number of benzene rings is 3. The van der Waals surface area contributed by atoms with Crippen LogP contribution in [0.1, 0.15) is 5.56 Å². The summed E-state index contributed by atoms with van der Waals surface area (Å²) >= 11 is 6.34. The van der Waals surface area contributed by atoms with E-state index in [0.717, 1.165) is 6.07 Å². The molecule has 2 heterocycles. The maximum Gasteiger partial charge on any atom is 0.263 e. The molecule has 43 heavy (non-hydrogen) atoms. The van der Waals surface area contributed by atoms with Crippen LogP contribution in [0.4, 0.5) is 14.5 Å². The Kier molecular flexibility index (Phi) is 7.84. The molecule has 5 rings (SSSR count). The maximum absolute atomic E-state index is 15.8. The van der Waals surface area contributed by atoms with Crippen LogP contribution in [0.15, 0.2) is 60.7 Å². The minimum absolute atomic E-state index is 0.0191. The minimum Gasteiger partial charge on any atom is -0.504 e. The highest BCUT2D eigenvalue weighted by Gasteiger charge is 2.27. The smallest absolute Gasteiger partial charge is 0.263 e. The normalized spacial score (nSPS) is 10.7. The molecule has 0 bridgehead atoms. The number of aromatic hydroxyl groups is 1. The van der Waals surface area contributed by atoms with Gasteiger partial charge in [0.25, 0.3) is 11.8 Å². The summed E-state index contributed by atoms with van der Waals surface area (Å²) < 4.78 is 48.2. The molecule has 218 valence electrons.